The molecular weight excluding hydrogens is 385 g/mol. The van der Waals surface area contributed by atoms with Crippen molar-refractivity contribution >= 4 is 23.2 Å². The van der Waals surface area contributed by atoms with Crippen LogP contribution in [-0.4, -0.2) is 48.5 Å². The number of hydrogen-bond acceptors (Lipinski definition) is 5. The molecule has 0 saturated carbocycles. The van der Waals surface area contributed by atoms with Crippen molar-refractivity contribution in [1.29, 1.82) is 0 Å². The van der Waals surface area contributed by atoms with Gasteiger partial charge in [0.1, 0.15) is 11.6 Å². The normalized spacial score (nSPS) is 20.6. The smallest absolute Gasteiger partial charge is 0.251 e. The number of benzene rings is 2. The third kappa shape index (κ3) is 4.31. The molecule has 30 heavy (non-hydrogen) atoms. The summed E-state index contributed by atoms with van der Waals surface area (Å²) in [5.41, 5.74) is 1.48. The first kappa shape index (κ1) is 20.3. The van der Waals surface area contributed by atoms with Crippen molar-refractivity contribution in [3.05, 3.63) is 54.3 Å². The molecule has 4 rings (SSSR count). The minimum absolute atomic E-state index is 0.158. The van der Waals surface area contributed by atoms with E-state index in [4.69, 9.17) is 4.74 Å². The van der Waals surface area contributed by atoms with E-state index in [0.717, 1.165) is 31.6 Å². The Morgan fingerprint density at radius 1 is 1.03 bits per heavy atom. The number of anilines is 2. The summed E-state index contributed by atoms with van der Waals surface area (Å²) in [4.78, 5) is 29.0. The minimum Gasteiger partial charge on any atom is -0.494 e. The Morgan fingerprint density at radius 3 is 2.33 bits per heavy atom. The summed E-state index contributed by atoms with van der Waals surface area (Å²) in [6.45, 7) is 3.94. The van der Waals surface area contributed by atoms with Gasteiger partial charge in [0, 0.05) is 24.8 Å². The highest BCUT2D eigenvalue weighted by Gasteiger charge is 2.43. The van der Waals surface area contributed by atoms with E-state index in [9.17, 15) is 14.0 Å². The molecule has 0 aromatic heterocycles. The lowest BCUT2D eigenvalue weighted by molar-refractivity contribution is -0.123. The molecule has 1 unspecified atom stereocenters. The fraction of sp³-hybridized carbons (Fsp3) is 0.391. The molecule has 2 fully saturated rings. The maximum absolute atomic E-state index is 13.1. The van der Waals surface area contributed by atoms with Gasteiger partial charge >= 0.3 is 0 Å². The van der Waals surface area contributed by atoms with E-state index >= 15 is 0 Å². The molecule has 0 radical (unpaired) electrons. The van der Waals surface area contributed by atoms with Gasteiger partial charge in [-0.3, -0.25) is 14.5 Å². The van der Waals surface area contributed by atoms with Gasteiger partial charge in [-0.1, -0.05) is 0 Å². The highest BCUT2D eigenvalue weighted by atomic mass is 19.1. The third-order valence-corrected chi connectivity index (χ3v) is 5.71. The zero-order valence-corrected chi connectivity index (χ0v) is 17.0. The summed E-state index contributed by atoms with van der Waals surface area (Å²) in [7, 11) is 0. The second kappa shape index (κ2) is 8.83. The second-order valence-electron chi connectivity index (χ2n) is 7.68. The Kier molecular flexibility index (Phi) is 5.99. The zero-order valence-electron chi connectivity index (χ0n) is 17.0. The van der Waals surface area contributed by atoms with E-state index in [1.807, 2.05) is 6.92 Å². The SMILES string of the molecule is CCOc1ccc(N2C(=O)CC(N3CCC(Nc4ccc(F)cc4)CC3)C2=O)cc1. The Morgan fingerprint density at radius 2 is 1.70 bits per heavy atom. The number of rotatable bonds is 6. The number of amides is 2. The van der Waals surface area contributed by atoms with Crippen molar-refractivity contribution in [2.75, 3.05) is 29.9 Å². The van der Waals surface area contributed by atoms with Crippen LogP contribution in [-0.2, 0) is 9.59 Å². The van der Waals surface area contributed by atoms with Gasteiger partial charge in [0.2, 0.25) is 5.91 Å². The molecule has 2 aliphatic heterocycles. The number of nitrogens with zero attached hydrogens (tertiary/aromatic N) is 2. The van der Waals surface area contributed by atoms with Crippen LogP contribution in [0, 0.1) is 5.82 Å². The lowest BCUT2D eigenvalue weighted by atomic mass is 10.0. The number of hydrogen-bond donors (Lipinski definition) is 1. The van der Waals surface area contributed by atoms with Crippen molar-refractivity contribution in [1.82, 2.24) is 4.90 Å². The topological polar surface area (TPSA) is 61.9 Å². The predicted molar refractivity (Wildman–Crippen MR) is 113 cm³/mol. The van der Waals surface area contributed by atoms with Gasteiger partial charge in [0.05, 0.1) is 24.8 Å². The number of carbonyl (C=O) groups is 2. The van der Waals surface area contributed by atoms with Crippen molar-refractivity contribution in [3.8, 4) is 5.75 Å². The lowest BCUT2D eigenvalue weighted by Crippen LogP contribution is -2.48. The molecule has 6 nitrogen and oxygen atoms in total. The maximum Gasteiger partial charge on any atom is 0.251 e. The minimum atomic E-state index is -0.407. The van der Waals surface area contributed by atoms with Gasteiger partial charge in [-0.25, -0.2) is 9.29 Å². The van der Waals surface area contributed by atoms with Crippen LogP contribution >= 0.6 is 0 Å². The number of halogens is 1. The summed E-state index contributed by atoms with van der Waals surface area (Å²) in [5.74, 6) is 0.138. The average molecular weight is 411 g/mol. The Hall–Kier alpha value is -2.93. The molecule has 0 spiro atoms. The van der Waals surface area contributed by atoms with Crippen molar-refractivity contribution in [2.45, 2.75) is 38.3 Å². The molecule has 2 aromatic rings. The van der Waals surface area contributed by atoms with Gasteiger partial charge < -0.3 is 10.1 Å². The highest BCUT2D eigenvalue weighted by molar-refractivity contribution is 6.22. The van der Waals surface area contributed by atoms with Crippen molar-refractivity contribution in [2.24, 2.45) is 0 Å². The first-order valence-corrected chi connectivity index (χ1v) is 10.4. The monoisotopic (exact) mass is 411 g/mol. The Balaban J connectivity index is 1.35. The quantitative estimate of drug-likeness (QED) is 0.738. The molecule has 2 aliphatic rings. The van der Waals surface area contributed by atoms with Crippen LogP contribution in [0.15, 0.2) is 48.5 Å². The van der Waals surface area contributed by atoms with Crippen molar-refractivity contribution < 1.29 is 18.7 Å². The molecule has 2 amide bonds. The van der Waals surface area contributed by atoms with Crippen LogP contribution in [0.2, 0.25) is 0 Å². The van der Waals surface area contributed by atoms with E-state index < -0.39 is 6.04 Å². The first-order chi connectivity index (χ1) is 14.5. The molecule has 2 aromatic carbocycles. The van der Waals surface area contributed by atoms with Crippen LogP contribution in [0.3, 0.4) is 0 Å². The molecule has 1 atom stereocenters. The molecule has 7 heteroatoms. The molecule has 1 N–H and O–H groups in total. The van der Waals surface area contributed by atoms with Gasteiger partial charge in [-0.15, -0.1) is 0 Å². The fourth-order valence-corrected chi connectivity index (χ4v) is 4.17. The molecule has 2 saturated heterocycles. The molecule has 2 heterocycles. The summed E-state index contributed by atoms with van der Waals surface area (Å²) >= 11 is 0. The van der Waals surface area contributed by atoms with Crippen LogP contribution in [0.25, 0.3) is 0 Å². The van der Waals surface area contributed by atoms with E-state index in [2.05, 4.69) is 10.2 Å². The zero-order chi connectivity index (χ0) is 21.1. The largest absolute Gasteiger partial charge is 0.494 e. The molecule has 0 aliphatic carbocycles. The van der Waals surface area contributed by atoms with Gasteiger partial charge in [-0.2, -0.15) is 0 Å². The molecule has 0 bridgehead atoms. The van der Waals surface area contributed by atoms with Gasteiger partial charge in [0.25, 0.3) is 5.91 Å². The highest BCUT2D eigenvalue weighted by Crippen LogP contribution is 2.29. The maximum atomic E-state index is 13.1. The molecule has 158 valence electrons. The first-order valence-electron chi connectivity index (χ1n) is 10.4. The van der Waals surface area contributed by atoms with Crippen LogP contribution in [0.4, 0.5) is 15.8 Å². The number of piperidine rings is 1. The number of nitrogens with one attached hydrogen (secondary N) is 1. The Labute approximate surface area is 175 Å². The summed E-state index contributed by atoms with van der Waals surface area (Å²) in [6, 6.07) is 13.3. The fourth-order valence-electron chi connectivity index (χ4n) is 4.17. The second-order valence-corrected chi connectivity index (χ2v) is 7.68. The van der Waals surface area contributed by atoms with E-state index in [1.54, 1.807) is 36.4 Å². The lowest BCUT2D eigenvalue weighted by Gasteiger charge is -2.35. The summed E-state index contributed by atoms with van der Waals surface area (Å²) in [6.07, 6.45) is 1.93. The van der Waals surface area contributed by atoms with E-state index in [1.165, 1.54) is 17.0 Å². The summed E-state index contributed by atoms with van der Waals surface area (Å²) < 4.78 is 18.5. The summed E-state index contributed by atoms with van der Waals surface area (Å²) in [5, 5.41) is 3.42. The Bertz CT molecular complexity index is 893. The molecular formula is C23H26FN3O3. The van der Waals surface area contributed by atoms with Crippen molar-refractivity contribution in [3.63, 3.8) is 0 Å². The average Bonchev–Trinajstić information content (AvgIpc) is 3.05. The predicted octanol–water partition coefficient (Wildman–Crippen LogP) is 3.43. The standard InChI is InChI=1S/C23H26FN3O3/c1-2-30-20-9-7-19(8-10-20)27-22(28)15-21(23(27)29)26-13-11-18(12-14-26)25-17-5-3-16(24)4-6-17/h3-10,18,21,25H,2,11-15H2,1H3. The number of ether oxygens (including phenoxy) is 1. The third-order valence-electron chi connectivity index (χ3n) is 5.71. The van der Waals surface area contributed by atoms with Crippen LogP contribution < -0.4 is 15.0 Å². The van der Waals surface area contributed by atoms with Gasteiger partial charge in [0.15, 0.2) is 0 Å². The van der Waals surface area contributed by atoms with Gasteiger partial charge in [-0.05, 0) is 68.3 Å². The van der Waals surface area contributed by atoms with E-state index in [0.29, 0.717) is 18.0 Å². The number of likely N-dealkylation sites (tertiary alicyclic amines) is 1. The number of carbonyl (C=O) groups excluding carboxylic acids is 2. The van der Waals surface area contributed by atoms with Crippen LogP contribution in [0.5, 0.6) is 5.75 Å². The van der Waals surface area contributed by atoms with E-state index in [-0.39, 0.29) is 30.1 Å². The number of imide groups is 1. The van der Waals surface area contributed by atoms with Crippen LogP contribution in [0.1, 0.15) is 26.2 Å².